The third-order valence-corrected chi connectivity index (χ3v) is 11.8. The zero-order chi connectivity index (χ0) is 47.9. The fourth-order valence-corrected chi connectivity index (χ4v) is 8.79. The molecule has 0 aliphatic rings. The molecule has 12 rings (SSSR count). The summed E-state index contributed by atoms with van der Waals surface area (Å²) in [5.74, 6) is 0. The van der Waals surface area contributed by atoms with Crippen molar-refractivity contribution in [2.75, 3.05) is 4.90 Å². The van der Waals surface area contributed by atoms with Gasteiger partial charge in [-0.05, 0) is 114 Å². The van der Waals surface area contributed by atoms with E-state index in [1.165, 1.54) is 4.90 Å². The lowest BCUT2D eigenvalue weighted by atomic mass is 9.96. The molecule has 1 aromatic heterocycles. The zero-order valence-electron chi connectivity index (χ0n) is 41.3. The molecule has 2 nitrogen and oxygen atoms in total. The van der Waals surface area contributed by atoms with Crippen molar-refractivity contribution in [3.63, 3.8) is 0 Å². The normalized spacial score (nSPS) is 13.4. The molecule has 2 heteroatoms. The lowest BCUT2D eigenvalue weighted by Gasteiger charge is -2.28. The zero-order valence-corrected chi connectivity index (χ0v) is 33.3. The lowest BCUT2D eigenvalue weighted by molar-refractivity contribution is 0.672. The molecule has 0 aliphatic heterocycles. The van der Waals surface area contributed by atoms with Crippen molar-refractivity contribution < 1.29 is 15.4 Å². The van der Waals surface area contributed by atoms with Crippen molar-refractivity contribution in [1.29, 1.82) is 0 Å². The Morgan fingerprint density at radius 2 is 0.823 bits per heavy atom. The predicted molar refractivity (Wildman–Crippen MR) is 263 cm³/mol. The fraction of sp³-hybridized carbons (Fsp3) is 0. The van der Waals surface area contributed by atoms with Gasteiger partial charge in [-0.1, -0.05) is 188 Å². The monoisotopic (exact) mass is 797 g/mol. The summed E-state index contributed by atoms with van der Waals surface area (Å²) >= 11 is 0. The van der Waals surface area contributed by atoms with Crippen LogP contribution in [0.25, 0.3) is 98.8 Å². The average molecular weight is 798 g/mol. The quantitative estimate of drug-likeness (QED) is 0.160. The number of anilines is 3. The maximum absolute atomic E-state index is 9.80. The molecule has 0 saturated carbocycles. The molecule has 12 aromatic rings. The Hall–Kier alpha value is -8.20. The van der Waals surface area contributed by atoms with Gasteiger partial charge in [-0.15, -0.1) is 0 Å². The summed E-state index contributed by atoms with van der Waals surface area (Å²) in [6, 6.07) is 57.1. The van der Waals surface area contributed by atoms with Crippen molar-refractivity contribution in [1.82, 2.24) is 0 Å². The molecular weight excluding hydrogens is 751 g/mol. The van der Waals surface area contributed by atoms with Gasteiger partial charge in [0.2, 0.25) is 0 Å². The number of furan rings is 1. The maximum atomic E-state index is 9.80. The number of hydrogen-bond acceptors (Lipinski definition) is 2. The third-order valence-electron chi connectivity index (χ3n) is 11.8. The Morgan fingerprint density at radius 3 is 1.53 bits per heavy atom. The number of para-hydroxylation sites is 2. The first-order chi connectivity index (χ1) is 34.1. The largest absolute Gasteiger partial charge is 0.455 e. The second kappa shape index (κ2) is 14.8. The first-order valence-corrected chi connectivity index (χ1v) is 20.6. The van der Waals surface area contributed by atoms with Crippen LogP contribution in [-0.2, 0) is 0 Å². The van der Waals surface area contributed by atoms with Crippen LogP contribution in [0, 0.1) is 0 Å². The molecule has 0 atom stereocenters. The van der Waals surface area contributed by atoms with E-state index < -0.39 is 24.2 Å². The molecule has 0 radical (unpaired) electrons. The summed E-state index contributed by atoms with van der Waals surface area (Å²) < 4.78 is 84.1. The minimum Gasteiger partial charge on any atom is -0.455 e. The Kier molecular flexibility index (Phi) is 6.76. The van der Waals surface area contributed by atoms with Crippen LogP contribution in [0.2, 0.25) is 0 Å². The van der Waals surface area contributed by atoms with Crippen LogP contribution in [0.4, 0.5) is 17.1 Å². The second-order valence-electron chi connectivity index (χ2n) is 15.4. The number of fused-ring (bicyclic) bond motifs is 7. The van der Waals surface area contributed by atoms with E-state index in [4.69, 9.17) is 4.42 Å². The van der Waals surface area contributed by atoms with Crippen LogP contribution in [0.1, 0.15) is 11.0 Å². The molecule has 1 heterocycles. The van der Waals surface area contributed by atoms with Gasteiger partial charge in [-0.2, -0.15) is 0 Å². The lowest BCUT2D eigenvalue weighted by Crippen LogP contribution is -2.11. The molecule has 0 saturated heterocycles. The number of benzene rings is 11. The minimum atomic E-state index is -0.415. The fourth-order valence-electron chi connectivity index (χ4n) is 8.79. The third kappa shape index (κ3) is 6.12. The van der Waals surface area contributed by atoms with E-state index in [2.05, 4.69) is 24.3 Å². The molecule has 0 amide bonds. The summed E-state index contributed by atoms with van der Waals surface area (Å²) in [6.45, 7) is 0. The summed E-state index contributed by atoms with van der Waals surface area (Å²) in [5.41, 5.74) is 5.79. The molecular formula is C60H39NO. The van der Waals surface area contributed by atoms with Gasteiger partial charge >= 0.3 is 0 Å². The standard InChI is InChI=1S/C60H39NO/c1-3-15-50-42(11-1)13-9-19-52(50)44-25-23-40(24-26-44)41-29-34-48(35-30-41)61(49-36-31-45(32-37-49)53-20-10-14-43-12-2-4-16-51(43)53)58-21-7-5-17-54(58)47-28-27-46-33-38-56-55-18-6-8-22-59(55)62-60(56)57(46)39-47/h1-39H/i29D,30D,31D,32D,34D,35D,36D,37D. The first kappa shape index (κ1) is 28.3. The maximum Gasteiger partial charge on any atom is 0.143 e. The number of rotatable bonds is 7. The number of hydrogen-bond donors (Lipinski definition) is 0. The van der Waals surface area contributed by atoms with Gasteiger partial charge in [0.1, 0.15) is 11.2 Å². The van der Waals surface area contributed by atoms with E-state index in [9.17, 15) is 11.0 Å². The van der Waals surface area contributed by atoms with Crippen LogP contribution in [-0.4, -0.2) is 0 Å². The molecule has 0 N–H and O–H groups in total. The number of nitrogens with zero attached hydrogens (tertiary/aromatic N) is 1. The summed E-state index contributed by atoms with van der Waals surface area (Å²) in [6.07, 6.45) is 0. The van der Waals surface area contributed by atoms with Crippen molar-refractivity contribution in [2.24, 2.45) is 0 Å². The Morgan fingerprint density at radius 1 is 0.323 bits per heavy atom. The minimum absolute atomic E-state index is 0.0895. The summed E-state index contributed by atoms with van der Waals surface area (Å²) in [4.78, 5) is 1.39. The molecule has 0 spiro atoms. The van der Waals surface area contributed by atoms with Crippen molar-refractivity contribution in [2.45, 2.75) is 0 Å². The molecule has 0 unspecified atom stereocenters. The van der Waals surface area contributed by atoms with Crippen molar-refractivity contribution in [3.05, 3.63) is 236 Å². The highest BCUT2D eigenvalue weighted by Gasteiger charge is 2.19. The Balaban J connectivity index is 1.08. The van der Waals surface area contributed by atoms with E-state index in [0.717, 1.165) is 59.8 Å². The second-order valence-corrected chi connectivity index (χ2v) is 15.4. The molecule has 290 valence electrons. The van der Waals surface area contributed by atoms with E-state index in [1.807, 2.05) is 133 Å². The van der Waals surface area contributed by atoms with Crippen molar-refractivity contribution >= 4 is 71.3 Å². The highest BCUT2D eigenvalue weighted by molar-refractivity contribution is 6.15. The van der Waals surface area contributed by atoms with Crippen LogP contribution < -0.4 is 4.90 Å². The smallest absolute Gasteiger partial charge is 0.143 e. The van der Waals surface area contributed by atoms with Gasteiger partial charge in [0.25, 0.3) is 0 Å². The molecule has 62 heavy (non-hydrogen) atoms. The van der Waals surface area contributed by atoms with Gasteiger partial charge in [0, 0.05) is 33.1 Å². The topological polar surface area (TPSA) is 16.4 Å². The van der Waals surface area contributed by atoms with E-state index in [1.54, 1.807) is 30.3 Å². The molecule has 0 bridgehead atoms. The Bertz CT molecular complexity index is 4060. The first-order valence-electron chi connectivity index (χ1n) is 24.6. The van der Waals surface area contributed by atoms with Gasteiger partial charge in [-0.3, -0.25) is 0 Å². The van der Waals surface area contributed by atoms with Crippen LogP contribution in [0.5, 0.6) is 0 Å². The highest BCUT2D eigenvalue weighted by atomic mass is 16.3. The van der Waals surface area contributed by atoms with E-state index >= 15 is 0 Å². The Labute approximate surface area is 371 Å². The van der Waals surface area contributed by atoms with Gasteiger partial charge in [-0.25, -0.2) is 0 Å². The molecule has 11 aromatic carbocycles. The van der Waals surface area contributed by atoms with Crippen molar-refractivity contribution in [3.8, 4) is 44.5 Å². The highest BCUT2D eigenvalue weighted by Crippen LogP contribution is 2.44. The van der Waals surface area contributed by atoms with Gasteiger partial charge < -0.3 is 9.32 Å². The molecule has 0 fully saturated rings. The van der Waals surface area contributed by atoms with Crippen LogP contribution >= 0.6 is 0 Å². The van der Waals surface area contributed by atoms with Gasteiger partial charge in [0.05, 0.1) is 16.7 Å². The SMILES string of the molecule is [2H]c1c([2H])c(N(c2ccccc2-c2ccc3ccc4c5ccccc5oc4c3c2)c2c([2H])c([2H])c(-c3cccc4ccccc34)c([2H])c2[2H])c([2H])c([2H])c1-c1ccc(-c2cccc3ccccc23)cc1. The summed E-state index contributed by atoms with van der Waals surface area (Å²) in [5, 5.41) is 7.54. The van der Waals surface area contributed by atoms with E-state index in [-0.39, 0.29) is 46.7 Å². The summed E-state index contributed by atoms with van der Waals surface area (Å²) in [7, 11) is 0. The average Bonchev–Trinajstić information content (AvgIpc) is 3.79. The van der Waals surface area contributed by atoms with E-state index in [0.29, 0.717) is 33.5 Å². The molecule has 0 aliphatic carbocycles. The van der Waals surface area contributed by atoms with Gasteiger partial charge in [0.15, 0.2) is 0 Å². The predicted octanol–water partition coefficient (Wildman–Crippen LogP) is 17.2. The van der Waals surface area contributed by atoms with Crippen LogP contribution in [0.3, 0.4) is 0 Å². The van der Waals surface area contributed by atoms with Crippen LogP contribution in [0.15, 0.2) is 241 Å².